The molecule has 11 heavy (non-hydrogen) atoms. The molecular weight excluding hydrogens is 165 g/mol. The van der Waals surface area contributed by atoms with Gasteiger partial charge in [0, 0.05) is 6.61 Å². The van der Waals surface area contributed by atoms with E-state index >= 15 is 0 Å². The van der Waals surface area contributed by atoms with Gasteiger partial charge in [-0.15, -0.1) is 0 Å². The molecule has 0 saturated heterocycles. The maximum atomic E-state index is 8.46. The normalized spacial score (nSPS) is 9.82. The molecule has 0 saturated carbocycles. The van der Waals surface area contributed by atoms with E-state index < -0.39 is 0 Å². The van der Waals surface area contributed by atoms with Crippen molar-refractivity contribution in [2.24, 2.45) is 0 Å². The van der Waals surface area contributed by atoms with Crippen LogP contribution in [0.5, 0.6) is 0 Å². The first-order valence-corrected chi connectivity index (χ1v) is 4.03. The molecule has 0 unspecified atom stereocenters. The molecule has 0 spiro atoms. The zero-order chi connectivity index (χ0) is 7.82. The number of aliphatic hydroxyl groups is 1. The van der Waals surface area contributed by atoms with Crippen LogP contribution in [0.2, 0.25) is 0 Å². The van der Waals surface area contributed by atoms with Crippen molar-refractivity contribution < 1.29 is 5.11 Å². The van der Waals surface area contributed by atoms with Crippen molar-refractivity contribution in [1.29, 1.82) is 0 Å². The third-order valence-electron chi connectivity index (χ3n) is 1.51. The first-order valence-electron chi connectivity index (χ1n) is 4.03. The number of nitrogens with zero attached hydrogens (tertiary/aromatic N) is 1. The molecule has 64 valence electrons. The van der Waals surface area contributed by atoms with Crippen molar-refractivity contribution in [3.8, 4) is 0 Å². The molecule has 0 aliphatic rings. The summed E-state index contributed by atoms with van der Waals surface area (Å²) in [6.07, 6.45) is 4.64. The van der Waals surface area contributed by atoms with Crippen molar-refractivity contribution >= 4 is 51.4 Å². The molecule has 0 aromatic heterocycles. The van der Waals surface area contributed by atoms with E-state index in [2.05, 4.69) is 19.0 Å². The molecule has 0 fully saturated rings. The molecule has 0 aromatic carbocycles. The number of hydrogen-bond acceptors (Lipinski definition) is 2. The standard InChI is InChI=1S/C8H19NO.K.H/c1-9(2)7-5-3-4-6-8-10;;/h10H,3-8H2,1-2H3;;. The summed E-state index contributed by atoms with van der Waals surface area (Å²) < 4.78 is 0. The first-order chi connectivity index (χ1) is 4.77. The molecule has 0 aromatic rings. The van der Waals surface area contributed by atoms with Crippen molar-refractivity contribution in [3.63, 3.8) is 0 Å². The van der Waals surface area contributed by atoms with Crippen LogP contribution in [0.15, 0.2) is 0 Å². The number of rotatable bonds is 6. The Morgan fingerprint density at radius 3 is 2.00 bits per heavy atom. The molecule has 3 heteroatoms. The van der Waals surface area contributed by atoms with E-state index in [0.29, 0.717) is 6.61 Å². The van der Waals surface area contributed by atoms with Gasteiger partial charge in [-0.05, 0) is 33.5 Å². The quantitative estimate of drug-likeness (QED) is 0.480. The van der Waals surface area contributed by atoms with Crippen LogP contribution in [0.1, 0.15) is 25.7 Å². The van der Waals surface area contributed by atoms with Crippen LogP contribution in [0.3, 0.4) is 0 Å². The van der Waals surface area contributed by atoms with Crippen LogP contribution in [-0.4, -0.2) is 88.6 Å². The van der Waals surface area contributed by atoms with Gasteiger partial charge in [-0.2, -0.15) is 0 Å². The Kier molecular flexibility index (Phi) is 15.8. The molecule has 0 heterocycles. The predicted molar refractivity (Wildman–Crippen MR) is 51.3 cm³/mol. The summed E-state index contributed by atoms with van der Waals surface area (Å²) in [5.41, 5.74) is 0. The third-order valence-corrected chi connectivity index (χ3v) is 1.51. The second-order valence-corrected chi connectivity index (χ2v) is 2.94. The summed E-state index contributed by atoms with van der Waals surface area (Å²) in [7, 11) is 4.18. The fourth-order valence-electron chi connectivity index (χ4n) is 0.893. The number of unbranched alkanes of at least 4 members (excludes halogenated alkanes) is 3. The Balaban J connectivity index is 0. The van der Waals surface area contributed by atoms with Gasteiger partial charge < -0.3 is 10.0 Å². The Hall–Kier alpha value is 1.56. The van der Waals surface area contributed by atoms with E-state index in [-0.39, 0.29) is 51.4 Å². The van der Waals surface area contributed by atoms with E-state index in [1.165, 1.54) is 25.8 Å². The molecule has 0 bridgehead atoms. The summed E-state index contributed by atoms with van der Waals surface area (Å²) >= 11 is 0. The van der Waals surface area contributed by atoms with Gasteiger partial charge in [0.1, 0.15) is 0 Å². The topological polar surface area (TPSA) is 23.5 Å². The SMILES string of the molecule is CN(C)CCCCCCO.[KH]. The second kappa shape index (κ2) is 11.6. The van der Waals surface area contributed by atoms with Crippen LogP contribution in [0.4, 0.5) is 0 Å². The monoisotopic (exact) mass is 185 g/mol. The first kappa shape index (κ1) is 15.0. The maximum absolute atomic E-state index is 8.46. The molecule has 0 aliphatic heterocycles. The van der Waals surface area contributed by atoms with Gasteiger partial charge >= 0.3 is 51.4 Å². The molecule has 0 rings (SSSR count). The van der Waals surface area contributed by atoms with Crippen molar-refractivity contribution in [3.05, 3.63) is 0 Å². The van der Waals surface area contributed by atoms with E-state index in [1.54, 1.807) is 0 Å². The van der Waals surface area contributed by atoms with E-state index in [4.69, 9.17) is 5.11 Å². The molecule has 1 N–H and O–H groups in total. The zero-order valence-electron chi connectivity index (χ0n) is 7.14. The van der Waals surface area contributed by atoms with E-state index in [0.717, 1.165) is 6.42 Å². The Morgan fingerprint density at radius 1 is 1.00 bits per heavy atom. The van der Waals surface area contributed by atoms with Crippen LogP contribution >= 0.6 is 0 Å². The summed E-state index contributed by atoms with van der Waals surface area (Å²) in [6, 6.07) is 0. The van der Waals surface area contributed by atoms with Gasteiger partial charge in [0.15, 0.2) is 0 Å². The van der Waals surface area contributed by atoms with Crippen molar-refractivity contribution in [2.75, 3.05) is 27.2 Å². The van der Waals surface area contributed by atoms with Crippen LogP contribution < -0.4 is 0 Å². The Labute approximate surface area is 113 Å². The van der Waals surface area contributed by atoms with Gasteiger partial charge in [0.05, 0.1) is 0 Å². The van der Waals surface area contributed by atoms with Crippen molar-refractivity contribution in [1.82, 2.24) is 4.90 Å². The van der Waals surface area contributed by atoms with E-state index in [9.17, 15) is 0 Å². The summed E-state index contributed by atoms with van der Waals surface area (Å²) in [5.74, 6) is 0. The van der Waals surface area contributed by atoms with Gasteiger partial charge in [-0.25, -0.2) is 0 Å². The molecule has 2 nitrogen and oxygen atoms in total. The average molecular weight is 185 g/mol. The van der Waals surface area contributed by atoms with Gasteiger partial charge in [0.2, 0.25) is 0 Å². The Bertz CT molecular complexity index is 69.1. The molecule has 0 atom stereocenters. The second-order valence-electron chi connectivity index (χ2n) is 2.94. The van der Waals surface area contributed by atoms with Crippen LogP contribution in [0.25, 0.3) is 0 Å². The fraction of sp³-hybridized carbons (Fsp3) is 1.00. The number of aliphatic hydroxyl groups excluding tert-OH is 1. The summed E-state index contributed by atoms with van der Waals surface area (Å²) in [5, 5.41) is 8.46. The van der Waals surface area contributed by atoms with Gasteiger partial charge in [-0.1, -0.05) is 12.8 Å². The van der Waals surface area contributed by atoms with E-state index in [1.807, 2.05) is 0 Å². The summed E-state index contributed by atoms with van der Waals surface area (Å²) in [4.78, 5) is 2.19. The minimum absolute atomic E-state index is 0. The average Bonchev–Trinajstić information content (AvgIpc) is 1.87. The molecule has 0 amide bonds. The fourth-order valence-corrected chi connectivity index (χ4v) is 0.893. The van der Waals surface area contributed by atoms with Gasteiger partial charge in [-0.3, -0.25) is 0 Å². The summed E-state index contributed by atoms with van der Waals surface area (Å²) in [6.45, 7) is 1.52. The molecular formula is C8H20KNO. The van der Waals surface area contributed by atoms with Gasteiger partial charge in [0.25, 0.3) is 0 Å². The van der Waals surface area contributed by atoms with Crippen LogP contribution in [0, 0.1) is 0 Å². The zero-order valence-corrected chi connectivity index (χ0v) is 7.14. The third kappa shape index (κ3) is 14.4. The van der Waals surface area contributed by atoms with Crippen molar-refractivity contribution in [2.45, 2.75) is 25.7 Å². The minimum atomic E-state index is 0. The molecule has 0 radical (unpaired) electrons. The number of hydrogen-bond donors (Lipinski definition) is 1. The molecule has 0 aliphatic carbocycles. The predicted octanol–water partition coefficient (Wildman–Crippen LogP) is 0.452. The Morgan fingerprint density at radius 2 is 1.55 bits per heavy atom. The van der Waals surface area contributed by atoms with Crippen LogP contribution in [-0.2, 0) is 0 Å².